The fourth-order valence-corrected chi connectivity index (χ4v) is 2.89. The lowest BCUT2D eigenvalue weighted by atomic mass is 9.92. The molecule has 2 rings (SSSR count). The van der Waals surface area contributed by atoms with E-state index in [0.29, 0.717) is 19.4 Å². The van der Waals surface area contributed by atoms with E-state index in [1.54, 1.807) is 6.92 Å². The van der Waals surface area contributed by atoms with Crippen LogP contribution in [-0.4, -0.2) is 30.0 Å². The molecule has 0 aliphatic carbocycles. The van der Waals surface area contributed by atoms with Crippen molar-refractivity contribution in [2.75, 3.05) is 18.0 Å². The van der Waals surface area contributed by atoms with Gasteiger partial charge >= 0.3 is 0 Å². The van der Waals surface area contributed by atoms with Gasteiger partial charge in [0, 0.05) is 19.1 Å². The van der Waals surface area contributed by atoms with Crippen LogP contribution in [0.15, 0.2) is 0 Å². The van der Waals surface area contributed by atoms with Crippen molar-refractivity contribution in [3.8, 4) is 0 Å². The van der Waals surface area contributed by atoms with Gasteiger partial charge in [0.05, 0.1) is 5.92 Å². The summed E-state index contributed by atoms with van der Waals surface area (Å²) in [6, 6.07) is -0.352. The Morgan fingerprint density at radius 1 is 1.21 bits per heavy atom. The number of carbonyl (C=O) groups excluding carboxylic acids is 1. The largest absolute Gasteiger partial charge is 0.363 e. The number of hydrogen-bond donors (Lipinski definition) is 1. The van der Waals surface area contributed by atoms with E-state index in [1.807, 2.05) is 6.92 Å². The molecule has 1 aromatic heterocycles. The summed E-state index contributed by atoms with van der Waals surface area (Å²) >= 11 is 0. The van der Waals surface area contributed by atoms with Crippen molar-refractivity contribution in [1.29, 1.82) is 0 Å². The predicted molar refractivity (Wildman–Crippen MR) is 81.5 cm³/mol. The standard InChI is InChI=1S/C16H21F4N3O/c1-3-4-7-21-16(24)10-6-5-9(2)23(8-10)13-11(17)14(19)22-15(20)12(13)18/h9-10H,3-8H2,1-2H3,(H,21,24). The van der Waals surface area contributed by atoms with Crippen molar-refractivity contribution < 1.29 is 22.4 Å². The number of pyridine rings is 1. The highest BCUT2D eigenvalue weighted by Gasteiger charge is 2.35. The van der Waals surface area contributed by atoms with Crippen LogP contribution in [0.4, 0.5) is 23.2 Å². The molecule has 1 fully saturated rings. The van der Waals surface area contributed by atoms with Crippen molar-refractivity contribution in [2.24, 2.45) is 5.92 Å². The molecule has 0 bridgehead atoms. The first-order valence-corrected chi connectivity index (χ1v) is 8.11. The Bertz CT molecular complexity index is 585. The number of halogens is 4. The van der Waals surface area contributed by atoms with Crippen LogP contribution >= 0.6 is 0 Å². The van der Waals surface area contributed by atoms with Gasteiger partial charge in [-0.2, -0.15) is 22.5 Å². The van der Waals surface area contributed by atoms with Gasteiger partial charge in [-0.15, -0.1) is 0 Å². The highest BCUT2D eigenvalue weighted by Crippen LogP contribution is 2.33. The number of piperidine rings is 1. The number of hydrogen-bond acceptors (Lipinski definition) is 3. The van der Waals surface area contributed by atoms with E-state index in [0.717, 1.165) is 12.8 Å². The average Bonchev–Trinajstić information content (AvgIpc) is 2.55. The minimum atomic E-state index is -1.69. The summed E-state index contributed by atoms with van der Waals surface area (Å²) in [6.07, 6.45) is 2.80. The molecule has 0 radical (unpaired) electrons. The minimum absolute atomic E-state index is 0.00411. The number of unbranched alkanes of at least 4 members (excludes halogenated alkanes) is 1. The number of aromatic nitrogens is 1. The minimum Gasteiger partial charge on any atom is -0.363 e. The molecule has 1 amide bonds. The molecule has 2 unspecified atom stereocenters. The van der Waals surface area contributed by atoms with E-state index in [-0.39, 0.29) is 18.5 Å². The Balaban J connectivity index is 2.22. The van der Waals surface area contributed by atoms with E-state index in [4.69, 9.17) is 0 Å². The lowest BCUT2D eigenvalue weighted by molar-refractivity contribution is -0.125. The zero-order valence-electron chi connectivity index (χ0n) is 13.7. The fourth-order valence-electron chi connectivity index (χ4n) is 2.89. The van der Waals surface area contributed by atoms with Crippen molar-refractivity contribution >= 4 is 11.6 Å². The molecular formula is C16H21F4N3O. The van der Waals surface area contributed by atoms with Gasteiger partial charge in [-0.1, -0.05) is 13.3 Å². The lowest BCUT2D eigenvalue weighted by Crippen LogP contribution is -2.48. The quantitative estimate of drug-likeness (QED) is 0.506. The normalized spacial score (nSPS) is 21.0. The summed E-state index contributed by atoms with van der Waals surface area (Å²) in [5, 5.41) is 2.78. The van der Waals surface area contributed by atoms with E-state index in [1.165, 1.54) is 4.90 Å². The molecule has 24 heavy (non-hydrogen) atoms. The molecule has 0 spiro atoms. The molecule has 4 nitrogen and oxygen atoms in total. The Kier molecular flexibility index (Phi) is 6.01. The number of nitrogens with one attached hydrogen (secondary N) is 1. The Morgan fingerprint density at radius 2 is 1.83 bits per heavy atom. The van der Waals surface area contributed by atoms with E-state index in [2.05, 4.69) is 10.3 Å². The molecule has 0 saturated carbocycles. The molecule has 2 atom stereocenters. The third kappa shape index (κ3) is 3.79. The molecule has 134 valence electrons. The van der Waals surface area contributed by atoms with Crippen molar-refractivity contribution in [1.82, 2.24) is 10.3 Å². The second-order valence-electron chi connectivity index (χ2n) is 6.09. The van der Waals surface area contributed by atoms with Gasteiger partial charge in [0.15, 0.2) is 0 Å². The SMILES string of the molecule is CCCCNC(=O)C1CCC(C)N(c2c(F)c(F)nc(F)c2F)C1. The summed E-state index contributed by atoms with van der Waals surface area (Å²) in [6.45, 7) is 4.22. The van der Waals surface area contributed by atoms with Gasteiger partial charge in [0.1, 0.15) is 5.69 Å². The second kappa shape index (κ2) is 7.81. The van der Waals surface area contributed by atoms with E-state index < -0.39 is 35.1 Å². The number of anilines is 1. The molecule has 8 heteroatoms. The summed E-state index contributed by atoms with van der Waals surface area (Å²) in [4.78, 5) is 16.0. The van der Waals surface area contributed by atoms with Crippen LogP contribution in [0, 0.1) is 29.4 Å². The van der Waals surface area contributed by atoms with Gasteiger partial charge in [-0.3, -0.25) is 4.79 Å². The zero-order chi connectivity index (χ0) is 17.9. The Labute approximate surface area is 138 Å². The van der Waals surface area contributed by atoms with E-state index in [9.17, 15) is 22.4 Å². The maximum Gasteiger partial charge on any atom is 0.253 e. The van der Waals surface area contributed by atoms with Crippen LogP contribution in [-0.2, 0) is 4.79 Å². The smallest absolute Gasteiger partial charge is 0.253 e. The van der Waals surface area contributed by atoms with Crippen LogP contribution in [0.3, 0.4) is 0 Å². The second-order valence-corrected chi connectivity index (χ2v) is 6.09. The summed E-state index contributed by atoms with van der Waals surface area (Å²) < 4.78 is 54.7. The highest BCUT2D eigenvalue weighted by atomic mass is 19.2. The van der Waals surface area contributed by atoms with Crippen LogP contribution < -0.4 is 10.2 Å². The number of nitrogens with zero attached hydrogens (tertiary/aromatic N) is 2. The average molecular weight is 347 g/mol. The van der Waals surface area contributed by atoms with Crippen molar-refractivity contribution in [3.05, 3.63) is 23.5 Å². The predicted octanol–water partition coefficient (Wildman–Crippen LogP) is 3.16. The molecule has 2 heterocycles. The van der Waals surface area contributed by atoms with Gasteiger partial charge in [0.25, 0.3) is 11.9 Å². The summed E-state index contributed by atoms with van der Waals surface area (Å²) in [5.74, 6) is -7.15. The molecule has 1 aliphatic rings. The molecule has 1 N–H and O–H groups in total. The maximum atomic E-state index is 14.0. The maximum absolute atomic E-state index is 14.0. The first-order valence-electron chi connectivity index (χ1n) is 8.11. The topological polar surface area (TPSA) is 45.2 Å². The molecule has 1 aliphatic heterocycles. The first kappa shape index (κ1) is 18.5. The molecule has 1 saturated heterocycles. The first-order chi connectivity index (χ1) is 11.4. The molecular weight excluding hydrogens is 326 g/mol. The number of carbonyl (C=O) groups is 1. The third-order valence-electron chi connectivity index (χ3n) is 4.34. The van der Waals surface area contributed by atoms with Crippen LogP contribution in [0.5, 0.6) is 0 Å². The van der Waals surface area contributed by atoms with Crippen LogP contribution in [0.2, 0.25) is 0 Å². The summed E-state index contributed by atoms with van der Waals surface area (Å²) in [5.41, 5.74) is -0.793. The Hall–Kier alpha value is -1.86. The Morgan fingerprint density at radius 3 is 2.42 bits per heavy atom. The zero-order valence-corrected chi connectivity index (χ0v) is 13.7. The highest BCUT2D eigenvalue weighted by molar-refractivity contribution is 5.79. The van der Waals surface area contributed by atoms with E-state index >= 15 is 0 Å². The third-order valence-corrected chi connectivity index (χ3v) is 4.34. The fraction of sp³-hybridized carbons (Fsp3) is 0.625. The van der Waals surface area contributed by atoms with Gasteiger partial charge in [-0.25, -0.2) is 0 Å². The molecule has 0 aromatic carbocycles. The van der Waals surface area contributed by atoms with Gasteiger partial charge < -0.3 is 10.2 Å². The van der Waals surface area contributed by atoms with Gasteiger partial charge in [-0.05, 0) is 26.2 Å². The number of rotatable bonds is 5. The monoisotopic (exact) mass is 347 g/mol. The van der Waals surface area contributed by atoms with Gasteiger partial charge in [0.2, 0.25) is 17.5 Å². The summed E-state index contributed by atoms with van der Waals surface area (Å²) in [7, 11) is 0. The van der Waals surface area contributed by atoms with Crippen molar-refractivity contribution in [3.63, 3.8) is 0 Å². The molecule has 1 aromatic rings. The van der Waals surface area contributed by atoms with Crippen LogP contribution in [0.1, 0.15) is 39.5 Å². The van der Waals surface area contributed by atoms with Crippen LogP contribution in [0.25, 0.3) is 0 Å². The van der Waals surface area contributed by atoms with Crippen molar-refractivity contribution in [2.45, 2.75) is 45.6 Å². The lowest BCUT2D eigenvalue weighted by Gasteiger charge is -2.39. The number of amides is 1.